The molecule has 8 heteroatoms. The van der Waals surface area contributed by atoms with Crippen molar-refractivity contribution in [1.82, 2.24) is 20.2 Å². The highest BCUT2D eigenvalue weighted by atomic mass is 32.2. The number of carbonyl (C=O) groups is 1. The number of benzene rings is 1. The number of tetrazole rings is 1. The maximum absolute atomic E-state index is 13.2. The first-order chi connectivity index (χ1) is 9.11. The molecule has 0 saturated heterocycles. The van der Waals surface area contributed by atoms with Crippen LogP contribution in [0.25, 0.3) is 5.69 Å². The van der Waals surface area contributed by atoms with Crippen LogP contribution in [0.3, 0.4) is 0 Å². The molecular weight excluding hydrogens is 271 g/mol. The number of ether oxygens (including phenoxy) is 1. The van der Waals surface area contributed by atoms with Crippen LogP contribution in [0.2, 0.25) is 0 Å². The number of halogens is 1. The minimum atomic E-state index is -0.455. The highest BCUT2D eigenvalue weighted by Gasteiger charge is 2.19. The minimum Gasteiger partial charge on any atom is -0.468 e. The number of esters is 1. The third-order valence-corrected chi connectivity index (χ3v) is 3.32. The molecule has 0 radical (unpaired) electrons. The Bertz CT molecular complexity index is 590. The number of hydrogen-bond acceptors (Lipinski definition) is 6. The van der Waals surface area contributed by atoms with Gasteiger partial charge in [-0.25, -0.2) is 4.39 Å². The van der Waals surface area contributed by atoms with Crippen molar-refractivity contribution >= 4 is 17.7 Å². The van der Waals surface area contributed by atoms with E-state index in [2.05, 4.69) is 20.3 Å². The summed E-state index contributed by atoms with van der Waals surface area (Å²) in [5.41, 5.74) is 0.490. The van der Waals surface area contributed by atoms with E-state index >= 15 is 0 Å². The number of thioether (sulfide) groups is 1. The fourth-order valence-electron chi connectivity index (χ4n) is 1.39. The Hall–Kier alpha value is -1.96. The normalized spacial score (nSPS) is 12.2. The molecule has 0 spiro atoms. The quantitative estimate of drug-likeness (QED) is 0.624. The molecule has 1 heterocycles. The van der Waals surface area contributed by atoms with Crippen molar-refractivity contribution in [2.24, 2.45) is 0 Å². The molecule has 1 atom stereocenters. The van der Waals surface area contributed by atoms with Gasteiger partial charge in [0, 0.05) is 0 Å². The van der Waals surface area contributed by atoms with Crippen molar-refractivity contribution in [2.75, 3.05) is 7.11 Å². The van der Waals surface area contributed by atoms with E-state index in [0.29, 0.717) is 10.8 Å². The third kappa shape index (κ3) is 3.08. The van der Waals surface area contributed by atoms with Crippen molar-refractivity contribution in [3.63, 3.8) is 0 Å². The Morgan fingerprint density at radius 1 is 1.53 bits per heavy atom. The molecule has 6 nitrogen and oxygen atoms in total. The summed E-state index contributed by atoms with van der Waals surface area (Å²) in [4.78, 5) is 11.4. The van der Waals surface area contributed by atoms with Crippen LogP contribution in [0, 0.1) is 5.82 Å². The van der Waals surface area contributed by atoms with E-state index in [1.54, 1.807) is 19.1 Å². The number of hydrogen-bond donors (Lipinski definition) is 0. The molecule has 100 valence electrons. The number of carbonyl (C=O) groups excluding carboxylic acids is 1. The molecule has 0 saturated carbocycles. The summed E-state index contributed by atoms with van der Waals surface area (Å²) in [6, 6.07) is 5.87. The highest BCUT2D eigenvalue weighted by molar-refractivity contribution is 8.00. The van der Waals surface area contributed by atoms with Gasteiger partial charge in [0.2, 0.25) is 5.16 Å². The molecule has 0 fully saturated rings. The van der Waals surface area contributed by atoms with Crippen molar-refractivity contribution in [3.8, 4) is 5.69 Å². The van der Waals surface area contributed by atoms with E-state index in [-0.39, 0.29) is 11.8 Å². The van der Waals surface area contributed by atoms with Crippen molar-refractivity contribution in [3.05, 3.63) is 30.1 Å². The fraction of sp³-hybridized carbons (Fsp3) is 0.273. The minimum absolute atomic E-state index is 0.376. The molecule has 0 aliphatic rings. The van der Waals surface area contributed by atoms with E-state index in [4.69, 9.17) is 0 Å². The van der Waals surface area contributed by atoms with Crippen LogP contribution < -0.4 is 0 Å². The fourth-order valence-corrected chi connectivity index (χ4v) is 2.23. The molecule has 1 aromatic carbocycles. The molecule has 2 rings (SSSR count). The van der Waals surface area contributed by atoms with E-state index in [1.165, 1.54) is 23.9 Å². The predicted octanol–water partition coefficient (Wildman–Crippen LogP) is 1.45. The van der Waals surface area contributed by atoms with Gasteiger partial charge in [0.25, 0.3) is 0 Å². The van der Waals surface area contributed by atoms with Crippen LogP contribution in [0.4, 0.5) is 4.39 Å². The lowest BCUT2D eigenvalue weighted by Crippen LogP contribution is -2.15. The zero-order valence-corrected chi connectivity index (χ0v) is 11.1. The van der Waals surface area contributed by atoms with Crippen LogP contribution in [-0.2, 0) is 9.53 Å². The van der Waals surface area contributed by atoms with Crippen molar-refractivity contribution in [1.29, 1.82) is 0 Å². The Kier molecular flexibility index (Phi) is 4.10. The summed E-state index contributed by atoms with van der Waals surface area (Å²) < 4.78 is 19.2. The molecule has 0 amide bonds. The van der Waals surface area contributed by atoms with E-state index < -0.39 is 5.25 Å². The smallest absolute Gasteiger partial charge is 0.318 e. The lowest BCUT2D eigenvalue weighted by molar-refractivity contribution is -0.139. The summed E-state index contributed by atoms with van der Waals surface area (Å²) in [6.45, 7) is 1.68. The van der Waals surface area contributed by atoms with Crippen LogP contribution in [0.1, 0.15) is 6.92 Å². The predicted molar refractivity (Wildman–Crippen MR) is 66.4 cm³/mol. The second-order valence-electron chi connectivity index (χ2n) is 3.64. The van der Waals surface area contributed by atoms with Gasteiger partial charge in [0.1, 0.15) is 11.1 Å². The largest absolute Gasteiger partial charge is 0.468 e. The first kappa shape index (κ1) is 13.5. The zero-order valence-electron chi connectivity index (χ0n) is 10.3. The Morgan fingerprint density at radius 2 is 2.32 bits per heavy atom. The summed E-state index contributed by atoms with van der Waals surface area (Å²) in [6.07, 6.45) is 0. The van der Waals surface area contributed by atoms with Gasteiger partial charge >= 0.3 is 5.97 Å². The van der Waals surface area contributed by atoms with E-state index in [9.17, 15) is 9.18 Å². The molecule has 0 aliphatic heterocycles. The highest BCUT2D eigenvalue weighted by Crippen LogP contribution is 2.23. The molecule has 19 heavy (non-hydrogen) atoms. The molecule has 0 N–H and O–H groups in total. The number of nitrogens with zero attached hydrogens (tertiary/aromatic N) is 4. The van der Waals surface area contributed by atoms with Gasteiger partial charge in [-0.2, -0.15) is 4.68 Å². The van der Waals surface area contributed by atoms with Crippen LogP contribution >= 0.6 is 11.8 Å². The van der Waals surface area contributed by atoms with Crippen LogP contribution in [0.5, 0.6) is 0 Å². The number of aromatic nitrogens is 4. The molecular formula is C11H11FN4O2S. The van der Waals surface area contributed by atoms with Gasteiger partial charge in [0.15, 0.2) is 0 Å². The summed E-state index contributed by atoms with van der Waals surface area (Å²) in [5.74, 6) is -0.760. The standard InChI is InChI=1S/C11H11FN4O2S/c1-7(10(17)18-2)19-11-13-14-15-16(11)9-5-3-4-8(12)6-9/h3-7H,1-2H3/t7-/m0/s1. The molecule has 1 aromatic heterocycles. The van der Waals surface area contributed by atoms with Gasteiger partial charge in [-0.05, 0) is 35.5 Å². The number of rotatable bonds is 4. The Morgan fingerprint density at radius 3 is 3.00 bits per heavy atom. The maximum atomic E-state index is 13.2. The summed E-state index contributed by atoms with van der Waals surface area (Å²) in [7, 11) is 1.31. The third-order valence-electron chi connectivity index (χ3n) is 2.31. The van der Waals surface area contributed by atoms with E-state index in [0.717, 1.165) is 11.8 Å². The average molecular weight is 282 g/mol. The molecule has 0 unspecified atom stereocenters. The Balaban J connectivity index is 2.25. The summed E-state index contributed by atoms with van der Waals surface area (Å²) >= 11 is 1.14. The molecule has 0 aliphatic carbocycles. The number of methoxy groups -OCH3 is 1. The Labute approximate surface area is 112 Å². The monoisotopic (exact) mass is 282 g/mol. The van der Waals surface area contributed by atoms with Gasteiger partial charge in [-0.1, -0.05) is 17.8 Å². The second-order valence-corrected chi connectivity index (χ2v) is 4.94. The first-order valence-corrected chi connectivity index (χ1v) is 6.28. The van der Waals surface area contributed by atoms with Gasteiger partial charge in [-0.15, -0.1) is 5.10 Å². The molecule has 2 aromatic rings. The maximum Gasteiger partial charge on any atom is 0.318 e. The van der Waals surface area contributed by atoms with Gasteiger partial charge in [-0.3, -0.25) is 4.79 Å². The first-order valence-electron chi connectivity index (χ1n) is 5.40. The zero-order chi connectivity index (χ0) is 13.8. The van der Waals surface area contributed by atoms with Crippen molar-refractivity contribution < 1.29 is 13.9 Å². The molecule has 0 bridgehead atoms. The second kappa shape index (κ2) is 5.79. The van der Waals surface area contributed by atoms with Crippen molar-refractivity contribution in [2.45, 2.75) is 17.3 Å². The average Bonchev–Trinajstić information content (AvgIpc) is 2.85. The van der Waals surface area contributed by atoms with E-state index in [1.807, 2.05) is 0 Å². The van der Waals surface area contributed by atoms with Gasteiger partial charge in [0.05, 0.1) is 12.8 Å². The SMILES string of the molecule is COC(=O)[C@H](C)Sc1nnnn1-c1cccc(F)c1. The van der Waals surface area contributed by atoms with Crippen LogP contribution in [-0.4, -0.2) is 38.5 Å². The lowest BCUT2D eigenvalue weighted by atomic mass is 10.3. The lowest BCUT2D eigenvalue weighted by Gasteiger charge is -2.08. The summed E-state index contributed by atoms with van der Waals surface area (Å²) in [5, 5.41) is 11.1. The topological polar surface area (TPSA) is 69.9 Å². The van der Waals surface area contributed by atoms with Crippen LogP contribution in [0.15, 0.2) is 29.4 Å². The van der Waals surface area contributed by atoms with Gasteiger partial charge < -0.3 is 4.74 Å².